The lowest BCUT2D eigenvalue weighted by atomic mass is 10.1. The third-order valence-corrected chi connectivity index (χ3v) is 9.33. The highest BCUT2D eigenvalue weighted by Crippen LogP contribution is 2.47. The molecule has 0 spiro atoms. The smallest absolute Gasteiger partial charge is 0.0551 e. The molecular weight excluding hydrogens is 381 g/mol. The van der Waals surface area contributed by atoms with E-state index in [2.05, 4.69) is 128 Å². The summed E-state index contributed by atoms with van der Waals surface area (Å²) in [5.74, 6) is 0. The lowest BCUT2D eigenvalue weighted by Gasteiger charge is -2.28. The average Bonchev–Trinajstić information content (AvgIpc) is 2.83. The Labute approximate surface area is 180 Å². The Bertz CT molecular complexity index is 987. The Hall–Kier alpha value is -2.89. The number of hydrogen-bond acceptors (Lipinski definition) is 1. The van der Waals surface area contributed by atoms with Crippen molar-refractivity contribution >= 4 is 23.0 Å². The molecule has 0 bridgehead atoms. The van der Waals surface area contributed by atoms with Crippen LogP contribution in [0.1, 0.15) is 18.9 Å². The van der Waals surface area contributed by atoms with Crippen LogP contribution in [0.5, 0.6) is 0 Å². The van der Waals surface area contributed by atoms with Gasteiger partial charge in [0.05, 0.1) is 7.05 Å². The summed E-state index contributed by atoms with van der Waals surface area (Å²) in [4.78, 5) is 0. The van der Waals surface area contributed by atoms with Crippen molar-refractivity contribution in [1.82, 2.24) is 0 Å². The van der Waals surface area contributed by atoms with E-state index in [9.17, 15) is 0 Å². The Kier molecular flexibility index (Phi) is 6.62. The molecule has 0 aliphatic carbocycles. The zero-order valence-electron chi connectivity index (χ0n) is 17.4. The molecule has 0 aromatic heterocycles. The standard InChI is InChI=1S/C28H28NP/c1-24(22-23-25-14-6-2-7-15-25)29-30(26-16-8-3-9-17-26,27-18-10-4-11-19-27)28-20-12-5-13-21-28/h2-21,24H,22-23H2,1H3. The molecule has 0 saturated carbocycles. The predicted molar refractivity (Wildman–Crippen MR) is 132 cm³/mol. The summed E-state index contributed by atoms with van der Waals surface area (Å²) in [6, 6.07) is 43.6. The third-order valence-electron chi connectivity index (χ3n) is 5.45. The number of hydrogen-bond donors (Lipinski definition) is 0. The SMILES string of the molecule is CC(CCc1ccccc1)N=P(c1ccccc1)(c1ccccc1)c1ccccc1. The minimum Gasteiger partial charge on any atom is -0.287 e. The molecule has 0 radical (unpaired) electrons. The summed E-state index contributed by atoms with van der Waals surface area (Å²) in [5, 5.41) is 3.94. The topological polar surface area (TPSA) is 12.4 Å². The van der Waals surface area contributed by atoms with Gasteiger partial charge in [-0.15, -0.1) is 0 Å². The highest BCUT2D eigenvalue weighted by molar-refractivity contribution is 7.87. The number of nitrogens with zero attached hydrogens (tertiary/aromatic N) is 1. The van der Waals surface area contributed by atoms with Crippen LogP contribution in [0, 0.1) is 0 Å². The summed E-state index contributed by atoms with van der Waals surface area (Å²) >= 11 is 0. The van der Waals surface area contributed by atoms with Crippen LogP contribution in [0.2, 0.25) is 0 Å². The van der Waals surface area contributed by atoms with E-state index in [1.165, 1.54) is 21.5 Å². The van der Waals surface area contributed by atoms with Crippen molar-refractivity contribution in [3.05, 3.63) is 127 Å². The van der Waals surface area contributed by atoms with E-state index >= 15 is 0 Å². The van der Waals surface area contributed by atoms with E-state index in [0.717, 1.165) is 12.8 Å². The molecule has 0 N–H and O–H groups in total. The molecule has 4 rings (SSSR count). The zero-order chi connectivity index (χ0) is 20.7. The molecule has 1 unspecified atom stereocenters. The van der Waals surface area contributed by atoms with Gasteiger partial charge >= 0.3 is 0 Å². The van der Waals surface area contributed by atoms with Crippen LogP contribution in [0.4, 0.5) is 0 Å². The first-order chi connectivity index (χ1) is 14.8. The van der Waals surface area contributed by atoms with Gasteiger partial charge in [-0.25, -0.2) is 0 Å². The minimum absolute atomic E-state index is 0.249. The van der Waals surface area contributed by atoms with Crippen molar-refractivity contribution in [1.29, 1.82) is 0 Å². The summed E-state index contributed by atoms with van der Waals surface area (Å²) < 4.78 is 5.64. The molecule has 2 heteroatoms. The van der Waals surface area contributed by atoms with Gasteiger partial charge in [0.25, 0.3) is 0 Å². The number of benzene rings is 4. The van der Waals surface area contributed by atoms with Gasteiger partial charge in [0.2, 0.25) is 0 Å². The number of aryl methyl sites for hydroxylation is 1. The van der Waals surface area contributed by atoms with Gasteiger partial charge in [0.1, 0.15) is 0 Å². The van der Waals surface area contributed by atoms with E-state index in [0.29, 0.717) is 0 Å². The molecule has 4 aromatic rings. The lowest BCUT2D eigenvalue weighted by Crippen LogP contribution is -2.26. The maximum Gasteiger partial charge on any atom is 0.0551 e. The summed E-state index contributed by atoms with van der Waals surface area (Å²) in [7, 11) is -2.11. The molecule has 1 nitrogen and oxygen atoms in total. The molecule has 150 valence electrons. The summed E-state index contributed by atoms with van der Waals surface area (Å²) in [6.07, 6.45) is 2.09. The quantitative estimate of drug-likeness (QED) is 0.323. The van der Waals surface area contributed by atoms with Crippen LogP contribution in [-0.2, 0) is 6.42 Å². The second-order valence-electron chi connectivity index (χ2n) is 7.63. The van der Waals surface area contributed by atoms with Crippen LogP contribution in [0.15, 0.2) is 126 Å². The Morgan fingerprint density at radius 2 is 0.933 bits per heavy atom. The first-order valence-electron chi connectivity index (χ1n) is 10.6. The summed E-state index contributed by atoms with van der Waals surface area (Å²) in [5.41, 5.74) is 1.38. The normalized spacial score (nSPS) is 12.3. The summed E-state index contributed by atoms with van der Waals surface area (Å²) in [6.45, 7) is 2.27. The first-order valence-corrected chi connectivity index (χ1v) is 12.4. The second-order valence-corrected chi connectivity index (χ2v) is 10.7. The lowest BCUT2D eigenvalue weighted by molar-refractivity contribution is 0.675. The first kappa shape index (κ1) is 20.4. The monoisotopic (exact) mass is 409 g/mol. The van der Waals surface area contributed by atoms with Crippen molar-refractivity contribution in [3.63, 3.8) is 0 Å². The highest BCUT2D eigenvalue weighted by atomic mass is 31.2. The minimum atomic E-state index is -2.11. The van der Waals surface area contributed by atoms with Gasteiger partial charge in [-0.3, -0.25) is 4.74 Å². The van der Waals surface area contributed by atoms with Crippen LogP contribution in [0.3, 0.4) is 0 Å². The van der Waals surface area contributed by atoms with Crippen LogP contribution in [0.25, 0.3) is 0 Å². The van der Waals surface area contributed by atoms with E-state index in [1.807, 2.05) is 0 Å². The fourth-order valence-corrected chi connectivity index (χ4v) is 7.76. The largest absolute Gasteiger partial charge is 0.287 e. The maximum atomic E-state index is 5.64. The van der Waals surface area contributed by atoms with Crippen molar-refractivity contribution in [3.8, 4) is 0 Å². The molecule has 0 saturated heterocycles. The molecule has 0 amide bonds. The molecule has 0 aliphatic heterocycles. The van der Waals surface area contributed by atoms with Gasteiger partial charge in [-0.1, -0.05) is 121 Å². The molecule has 30 heavy (non-hydrogen) atoms. The van der Waals surface area contributed by atoms with Gasteiger partial charge in [-0.05, 0) is 25.3 Å². The number of rotatable bonds is 7. The fourth-order valence-electron chi connectivity index (χ4n) is 3.95. The van der Waals surface area contributed by atoms with E-state index < -0.39 is 7.05 Å². The van der Waals surface area contributed by atoms with Gasteiger partial charge in [0, 0.05) is 22.0 Å². The van der Waals surface area contributed by atoms with Crippen molar-refractivity contribution < 1.29 is 0 Å². The maximum absolute atomic E-state index is 5.64. The van der Waals surface area contributed by atoms with E-state index in [-0.39, 0.29) is 6.04 Å². The highest BCUT2D eigenvalue weighted by Gasteiger charge is 2.27. The van der Waals surface area contributed by atoms with Crippen molar-refractivity contribution in [2.45, 2.75) is 25.8 Å². The molecule has 0 aliphatic rings. The molecule has 0 heterocycles. The van der Waals surface area contributed by atoms with Crippen molar-refractivity contribution in [2.24, 2.45) is 4.74 Å². The van der Waals surface area contributed by atoms with E-state index in [1.54, 1.807) is 0 Å². The Morgan fingerprint density at radius 3 is 1.33 bits per heavy atom. The van der Waals surface area contributed by atoms with Crippen molar-refractivity contribution in [2.75, 3.05) is 0 Å². The fraction of sp³-hybridized carbons (Fsp3) is 0.143. The Morgan fingerprint density at radius 1 is 0.567 bits per heavy atom. The zero-order valence-corrected chi connectivity index (χ0v) is 18.3. The average molecular weight is 410 g/mol. The van der Waals surface area contributed by atoms with Crippen LogP contribution >= 0.6 is 7.05 Å². The Balaban J connectivity index is 1.85. The third kappa shape index (κ3) is 4.48. The molecular formula is C28H28NP. The van der Waals surface area contributed by atoms with Crippen LogP contribution in [-0.4, -0.2) is 6.04 Å². The molecule has 0 fully saturated rings. The predicted octanol–water partition coefficient (Wildman–Crippen LogP) is 6.19. The van der Waals surface area contributed by atoms with Gasteiger partial charge in [0.15, 0.2) is 0 Å². The van der Waals surface area contributed by atoms with Gasteiger partial charge < -0.3 is 0 Å². The van der Waals surface area contributed by atoms with Gasteiger partial charge in [-0.2, -0.15) is 0 Å². The second kappa shape index (κ2) is 9.74. The van der Waals surface area contributed by atoms with Crippen LogP contribution < -0.4 is 15.9 Å². The molecule has 4 aromatic carbocycles. The van der Waals surface area contributed by atoms with E-state index in [4.69, 9.17) is 4.74 Å². The molecule has 1 atom stereocenters.